The van der Waals surface area contributed by atoms with Gasteiger partial charge in [-0.2, -0.15) is 10.5 Å². The summed E-state index contributed by atoms with van der Waals surface area (Å²) in [4.78, 5) is 0. The van der Waals surface area contributed by atoms with Crippen LogP contribution in [0.4, 0.5) is 0 Å². The molecule has 2 aromatic heterocycles. The van der Waals surface area contributed by atoms with Crippen molar-refractivity contribution >= 4 is 43.6 Å². The maximum atomic E-state index is 11.7. The Labute approximate surface area is 390 Å². The average molecular weight is 859 g/mol. The summed E-state index contributed by atoms with van der Waals surface area (Å²) in [6.45, 7) is 11.4. The summed E-state index contributed by atoms with van der Waals surface area (Å²) in [5, 5.41) is 27.8. The van der Waals surface area contributed by atoms with Crippen LogP contribution in [0, 0.1) is 22.7 Å². The molecule has 0 fully saturated rings. The van der Waals surface area contributed by atoms with Gasteiger partial charge in [0.1, 0.15) is 12.1 Å². The zero-order valence-electron chi connectivity index (χ0n) is 38.2. The second-order valence-corrected chi connectivity index (χ2v) is 19.5. The van der Waals surface area contributed by atoms with Crippen molar-refractivity contribution in [3.05, 3.63) is 216 Å². The molecule has 0 unspecified atom stereocenters. The topological polar surface area (TPSA) is 57.4 Å². The van der Waals surface area contributed by atoms with Crippen LogP contribution in [0.1, 0.15) is 62.4 Å². The van der Waals surface area contributed by atoms with Crippen molar-refractivity contribution in [1.29, 1.82) is 10.5 Å². The third kappa shape index (κ3) is 5.97. The number of nitrogens with zero attached hydrogens (tertiary/aromatic N) is 4. The first kappa shape index (κ1) is 40.1. The molecule has 67 heavy (non-hydrogen) atoms. The average Bonchev–Trinajstić information content (AvgIpc) is 3.87. The number of benzene rings is 9. The van der Waals surface area contributed by atoms with Crippen LogP contribution in [0.15, 0.2) is 188 Å². The Balaban J connectivity index is 1.25. The van der Waals surface area contributed by atoms with Crippen LogP contribution >= 0.6 is 0 Å². The molecule has 0 saturated carbocycles. The van der Waals surface area contributed by atoms with E-state index >= 15 is 0 Å². The highest BCUT2D eigenvalue weighted by molar-refractivity contribution is 6.15. The van der Waals surface area contributed by atoms with Gasteiger partial charge in [-0.15, -0.1) is 0 Å². The second-order valence-electron chi connectivity index (χ2n) is 19.5. The molecule has 0 N–H and O–H groups in total. The van der Waals surface area contributed by atoms with Crippen LogP contribution < -0.4 is 0 Å². The maximum Gasteiger partial charge on any atom is 0.103 e. The molecule has 0 spiro atoms. The second kappa shape index (κ2) is 14.8. The molecule has 0 bridgehead atoms. The molecule has 0 saturated heterocycles. The summed E-state index contributed by atoms with van der Waals surface area (Å²) >= 11 is 0. The van der Waals surface area contributed by atoms with Crippen LogP contribution in [-0.2, 0) is 10.8 Å². The Morgan fingerprint density at radius 2 is 0.776 bits per heavy atom. The van der Waals surface area contributed by atoms with E-state index in [1.54, 1.807) is 0 Å². The van der Waals surface area contributed by atoms with Crippen molar-refractivity contribution < 1.29 is 0 Å². The van der Waals surface area contributed by atoms with Crippen molar-refractivity contribution in [1.82, 2.24) is 9.13 Å². The molecule has 0 radical (unpaired) electrons. The molecule has 11 aromatic rings. The van der Waals surface area contributed by atoms with Gasteiger partial charge in [-0.05, 0) is 115 Å². The fourth-order valence-electron chi connectivity index (χ4n) is 11.2. The SMILES string of the molecule is CC(C)(C)c1c(-n2c3ccc(-c4ccccc4)cc3c3cc(-c4ccccc4)ccc32)c(C#N)c(C#N)c2c1C(C)(C)c1cc(-c3ccccc3)cc3c4cc(-c5ccccc5)ccc4n-2c13. The summed E-state index contributed by atoms with van der Waals surface area (Å²) in [6, 6.07) is 72.4. The predicted octanol–water partition coefficient (Wildman–Crippen LogP) is 16.2. The normalized spacial score (nSPS) is 12.9. The first-order valence-electron chi connectivity index (χ1n) is 23.1. The van der Waals surface area contributed by atoms with Gasteiger partial charge in [-0.1, -0.05) is 174 Å². The first-order valence-corrected chi connectivity index (χ1v) is 23.1. The highest BCUT2D eigenvalue weighted by Crippen LogP contribution is 2.55. The lowest BCUT2D eigenvalue weighted by atomic mass is 9.66. The molecule has 318 valence electrons. The third-order valence-electron chi connectivity index (χ3n) is 14.2. The fraction of sp³-hybridized carbons (Fsp3) is 0.111. The van der Waals surface area contributed by atoms with Gasteiger partial charge in [0, 0.05) is 27.0 Å². The number of hydrogen-bond acceptors (Lipinski definition) is 2. The zero-order valence-corrected chi connectivity index (χ0v) is 38.2. The van der Waals surface area contributed by atoms with E-state index in [4.69, 9.17) is 0 Å². The molecule has 0 amide bonds. The smallest absolute Gasteiger partial charge is 0.103 e. The van der Waals surface area contributed by atoms with E-state index in [2.05, 4.69) is 226 Å². The number of aromatic nitrogens is 2. The fourth-order valence-corrected chi connectivity index (χ4v) is 11.2. The number of rotatable bonds is 5. The van der Waals surface area contributed by atoms with E-state index in [1.165, 1.54) is 5.56 Å². The van der Waals surface area contributed by atoms with Crippen LogP contribution in [-0.4, -0.2) is 9.13 Å². The lowest BCUT2D eigenvalue weighted by Gasteiger charge is -2.41. The summed E-state index contributed by atoms with van der Waals surface area (Å²) in [6.07, 6.45) is 0. The number of nitriles is 2. The maximum absolute atomic E-state index is 11.7. The Morgan fingerprint density at radius 3 is 1.19 bits per heavy atom. The summed E-state index contributed by atoms with van der Waals surface area (Å²) in [5.41, 5.74) is 17.6. The van der Waals surface area contributed by atoms with Gasteiger partial charge >= 0.3 is 0 Å². The molecule has 4 nitrogen and oxygen atoms in total. The summed E-state index contributed by atoms with van der Waals surface area (Å²) < 4.78 is 4.63. The Bertz CT molecular complexity index is 3810. The molecule has 0 aliphatic carbocycles. The van der Waals surface area contributed by atoms with Crippen LogP contribution in [0.25, 0.3) is 99.5 Å². The van der Waals surface area contributed by atoms with E-state index in [0.29, 0.717) is 11.1 Å². The van der Waals surface area contributed by atoms with Crippen molar-refractivity contribution in [3.8, 4) is 68.0 Å². The Hall–Kier alpha value is -8.44. The summed E-state index contributed by atoms with van der Waals surface area (Å²) in [5.74, 6) is 0. The van der Waals surface area contributed by atoms with Gasteiger partial charge in [-0.25, -0.2) is 0 Å². The Kier molecular flexibility index (Phi) is 8.85. The van der Waals surface area contributed by atoms with Gasteiger partial charge in [0.2, 0.25) is 0 Å². The molecule has 1 aliphatic rings. The molecule has 0 atom stereocenters. The largest absolute Gasteiger partial charge is 0.308 e. The highest BCUT2D eigenvalue weighted by atomic mass is 15.0. The quantitative estimate of drug-likeness (QED) is 0.173. The molecular weight excluding hydrogens is 813 g/mol. The van der Waals surface area contributed by atoms with E-state index < -0.39 is 10.8 Å². The molecule has 12 rings (SSSR count). The van der Waals surface area contributed by atoms with Crippen molar-refractivity contribution in [3.63, 3.8) is 0 Å². The third-order valence-corrected chi connectivity index (χ3v) is 14.2. The standard InChI is InChI=1S/C63H46N4/c1-62(2,3)57-58-61(67-56-31-28-45(41-22-14-8-15-23-41)34-49(56)50-35-46(42-24-16-9-17-25-42)36-53(59(50)67)63(58,4)5)52(38-65)51(37-64)60(57)66-54-29-26-43(39-18-10-6-11-19-39)32-47(54)48-33-44(27-30-55(48)66)40-20-12-7-13-21-40/h6-36H,1-5H3. The lowest BCUT2D eigenvalue weighted by Crippen LogP contribution is -2.33. The minimum atomic E-state index is -0.623. The number of fused-ring (bicyclic) bond motifs is 8. The van der Waals surface area contributed by atoms with Gasteiger partial charge < -0.3 is 9.13 Å². The molecule has 4 heteroatoms. The molecule has 1 aliphatic heterocycles. The predicted molar refractivity (Wildman–Crippen MR) is 277 cm³/mol. The zero-order chi connectivity index (χ0) is 45.8. The van der Waals surface area contributed by atoms with Gasteiger partial charge in [-0.3, -0.25) is 0 Å². The van der Waals surface area contributed by atoms with E-state index in [9.17, 15) is 10.5 Å². The van der Waals surface area contributed by atoms with Gasteiger partial charge in [0.25, 0.3) is 0 Å². The van der Waals surface area contributed by atoms with Crippen LogP contribution in [0.3, 0.4) is 0 Å². The minimum absolute atomic E-state index is 0.375. The van der Waals surface area contributed by atoms with E-state index in [1.807, 2.05) is 18.2 Å². The van der Waals surface area contributed by atoms with E-state index in [0.717, 1.165) is 111 Å². The highest BCUT2D eigenvalue weighted by Gasteiger charge is 2.44. The number of hydrogen-bond donors (Lipinski definition) is 0. The van der Waals surface area contributed by atoms with Gasteiger partial charge in [0.15, 0.2) is 0 Å². The van der Waals surface area contributed by atoms with Crippen molar-refractivity contribution in [2.24, 2.45) is 0 Å². The molecule has 3 heterocycles. The van der Waals surface area contributed by atoms with Gasteiger partial charge in [0.05, 0.1) is 44.6 Å². The van der Waals surface area contributed by atoms with E-state index in [-0.39, 0.29) is 0 Å². The first-order chi connectivity index (χ1) is 32.6. The molecule has 9 aromatic carbocycles. The Morgan fingerprint density at radius 1 is 0.403 bits per heavy atom. The van der Waals surface area contributed by atoms with Crippen LogP contribution in [0.2, 0.25) is 0 Å². The monoisotopic (exact) mass is 858 g/mol. The minimum Gasteiger partial charge on any atom is -0.308 e. The molecular formula is C63H46N4. The van der Waals surface area contributed by atoms with Crippen molar-refractivity contribution in [2.75, 3.05) is 0 Å². The van der Waals surface area contributed by atoms with Crippen LogP contribution in [0.5, 0.6) is 0 Å². The van der Waals surface area contributed by atoms with Crippen molar-refractivity contribution in [2.45, 2.75) is 45.4 Å². The lowest BCUT2D eigenvalue weighted by molar-refractivity contribution is 0.542. The summed E-state index contributed by atoms with van der Waals surface area (Å²) in [7, 11) is 0.